The number of amides is 1. The molecule has 1 N–H and O–H groups in total. The maximum absolute atomic E-state index is 12.7. The molecule has 1 aliphatic rings. The molecule has 0 bridgehead atoms. The molecule has 1 aliphatic carbocycles. The molecule has 0 spiro atoms. The molecule has 0 atom stereocenters. The minimum atomic E-state index is -3.57. The summed E-state index contributed by atoms with van der Waals surface area (Å²) in [5.41, 5.74) is 5.34. The van der Waals surface area contributed by atoms with Crippen LogP contribution < -0.4 is 5.32 Å². The Morgan fingerprint density at radius 2 is 1.73 bits per heavy atom. The van der Waals surface area contributed by atoms with Gasteiger partial charge in [0.2, 0.25) is 10.0 Å². The van der Waals surface area contributed by atoms with E-state index in [4.69, 9.17) is 0 Å². The number of carbonyl (C=O) groups is 1. The SMILES string of the molecule is Cc1cc(S(=O)(=O)N(C)C)cc(NC(=O)c2ccc3c(c2)CCC3)c1C. The van der Waals surface area contributed by atoms with Crippen molar-refractivity contribution in [3.63, 3.8) is 0 Å². The Hall–Kier alpha value is -2.18. The molecule has 2 aromatic rings. The van der Waals surface area contributed by atoms with Crippen molar-refractivity contribution in [3.8, 4) is 0 Å². The fourth-order valence-corrected chi connectivity index (χ4v) is 4.24. The van der Waals surface area contributed by atoms with Crippen molar-refractivity contribution >= 4 is 21.6 Å². The van der Waals surface area contributed by atoms with E-state index >= 15 is 0 Å². The summed E-state index contributed by atoms with van der Waals surface area (Å²) in [6.07, 6.45) is 3.20. The minimum absolute atomic E-state index is 0.176. The van der Waals surface area contributed by atoms with E-state index in [-0.39, 0.29) is 10.8 Å². The zero-order valence-electron chi connectivity index (χ0n) is 15.6. The van der Waals surface area contributed by atoms with Gasteiger partial charge in [-0.1, -0.05) is 6.07 Å². The smallest absolute Gasteiger partial charge is 0.255 e. The third kappa shape index (κ3) is 3.39. The van der Waals surface area contributed by atoms with Gasteiger partial charge in [-0.05, 0) is 79.6 Å². The lowest BCUT2D eigenvalue weighted by Gasteiger charge is -2.16. The molecule has 0 fully saturated rings. The first-order chi connectivity index (χ1) is 12.2. The fourth-order valence-electron chi connectivity index (χ4n) is 3.22. The standard InChI is InChI=1S/C20H24N2O3S/c1-13-10-18(26(24,25)22(3)4)12-19(14(13)2)21-20(23)17-9-8-15-6-5-7-16(15)11-17/h8-12H,5-7H2,1-4H3,(H,21,23). The van der Waals surface area contributed by atoms with Gasteiger partial charge in [0.25, 0.3) is 5.91 Å². The molecule has 0 heterocycles. The molecular formula is C20H24N2O3S. The summed E-state index contributed by atoms with van der Waals surface area (Å²) in [7, 11) is -0.578. The highest BCUT2D eigenvalue weighted by atomic mass is 32.2. The molecule has 1 amide bonds. The van der Waals surface area contributed by atoms with Crippen LogP contribution in [-0.4, -0.2) is 32.7 Å². The van der Waals surface area contributed by atoms with Crippen LogP contribution in [0.4, 0.5) is 5.69 Å². The number of fused-ring (bicyclic) bond motifs is 1. The van der Waals surface area contributed by atoms with E-state index in [0.29, 0.717) is 11.3 Å². The number of nitrogens with zero attached hydrogens (tertiary/aromatic N) is 1. The summed E-state index contributed by atoms with van der Waals surface area (Å²) in [4.78, 5) is 12.9. The first kappa shape index (κ1) is 18.6. The van der Waals surface area contributed by atoms with E-state index < -0.39 is 10.0 Å². The molecule has 0 aliphatic heterocycles. The molecular weight excluding hydrogens is 348 g/mol. The topological polar surface area (TPSA) is 66.5 Å². The lowest BCUT2D eigenvalue weighted by Crippen LogP contribution is -2.23. The molecule has 5 nitrogen and oxygen atoms in total. The summed E-state index contributed by atoms with van der Waals surface area (Å²) in [6.45, 7) is 3.72. The average Bonchev–Trinajstić information content (AvgIpc) is 3.05. The Balaban J connectivity index is 1.94. The first-order valence-electron chi connectivity index (χ1n) is 8.67. The Kier molecular flexibility index (Phi) is 4.90. The molecule has 0 radical (unpaired) electrons. The van der Waals surface area contributed by atoms with Crippen molar-refractivity contribution in [1.82, 2.24) is 4.31 Å². The molecule has 0 aromatic heterocycles. The van der Waals surface area contributed by atoms with Gasteiger partial charge in [-0.15, -0.1) is 0 Å². The van der Waals surface area contributed by atoms with Crippen molar-refractivity contribution < 1.29 is 13.2 Å². The van der Waals surface area contributed by atoms with Crippen molar-refractivity contribution in [2.45, 2.75) is 38.0 Å². The predicted molar refractivity (Wildman–Crippen MR) is 103 cm³/mol. The third-order valence-corrected chi connectivity index (χ3v) is 6.82. The van der Waals surface area contributed by atoms with Crippen LogP contribution in [0.25, 0.3) is 0 Å². The van der Waals surface area contributed by atoms with Crippen LogP contribution in [0.2, 0.25) is 0 Å². The zero-order chi connectivity index (χ0) is 19.1. The molecule has 26 heavy (non-hydrogen) atoms. The maximum Gasteiger partial charge on any atom is 0.255 e. The van der Waals surface area contributed by atoms with Crippen LogP contribution in [0.3, 0.4) is 0 Å². The fraction of sp³-hybridized carbons (Fsp3) is 0.350. The average molecular weight is 372 g/mol. The molecule has 0 saturated heterocycles. The highest BCUT2D eigenvalue weighted by molar-refractivity contribution is 7.89. The van der Waals surface area contributed by atoms with Gasteiger partial charge < -0.3 is 5.32 Å². The number of hydrogen-bond donors (Lipinski definition) is 1. The first-order valence-corrected chi connectivity index (χ1v) is 10.1. The van der Waals surface area contributed by atoms with Crippen LogP contribution in [0.5, 0.6) is 0 Å². The van der Waals surface area contributed by atoms with Gasteiger partial charge >= 0.3 is 0 Å². The molecule has 0 saturated carbocycles. The van der Waals surface area contributed by atoms with Gasteiger partial charge in [-0.2, -0.15) is 0 Å². The second-order valence-corrected chi connectivity index (χ2v) is 9.14. The lowest BCUT2D eigenvalue weighted by atomic mass is 10.0. The molecule has 138 valence electrons. The molecule has 6 heteroatoms. The summed E-state index contributed by atoms with van der Waals surface area (Å²) in [5.74, 6) is -0.221. The summed E-state index contributed by atoms with van der Waals surface area (Å²) in [6, 6.07) is 8.96. The number of rotatable bonds is 4. The molecule has 2 aromatic carbocycles. The van der Waals surface area contributed by atoms with Gasteiger partial charge in [0.05, 0.1) is 4.90 Å². The number of anilines is 1. The van der Waals surface area contributed by atoms with Gasteiger partial charge in [-0.25, -0.2) is 12.7 Å². The number of carbonyl (C=O) groups excluding carboxylic acids is 1. The van der Waals surface area contributed by atoms with Crippen molar-refractivity contribution in [2.75, 3.05) is 19.4 Å². The van der Waals surface area contributed by atoms with E-state index in [1.165, 1.54) is 35.6 Å². The summed E-state index contributed by atoms with van der Waals surface area (Å²) < 4.78 is 26.1. The zero-order valence-corrected chi connectivity index (χ0v) is 16.4. The van der Waals surface area contributed by atoms with Gasteiger partial charge in [0.15, 0.2) is 0 Å². The van der Waals surface area contributed by atoms with Gasteiger partial charge in [-0.3, -0.25) is 4.79 Å². The Labute approximate surface area is 155 Å². The Morgan fingerprint density at radius 1 is 1.04 bits per heavy atom. The monoisotopic (exact) mass is 372 g/mol. The second-order valence-electron chi connectivity index (χ2n) is 6.99. The van der Waals surface area contributed by atoms with E-state index in [2.05, 4.69) is 5.32 Å². The van der Waals surface area contributed by atoms with Crippen LogP contribution in [0.1, 0.15) is 39.0 Å². The van der Waals surface area contributed by atoms with Gasteiger partial charge in [0.1, 0.15) is 0 Å². The van der Waals surface area contributed by atoms with Crippen LogP contribution in [0.15, 0.2) is 35.2 Å². The summed E-state index contributed by atoms with van der Waals surface area (Å²) >= 11 is 0. The number of nitrogens with one attached hydrogen (secondary N) is 1. The van der Waals surface area contributed by atoms with E-state index in [0.717, 1.165) is 30.4 Å². The van der Waals surface area contributed by atoms with Crippen molar-refractivity contribution in [2.24, 2.45) is 0 Å². The highest BCUT2D eigenvalue weighted by Crippen LogP contribution is 2.27. The van der Waals surface area contributed by atoms with Gasteiger partial charge in [0, 0.05) is 25.3 Å². The van der Waals surface area contributed by atoms with Crippen molar-refractivity contribution in [3.05, 3.63) is 58.1 Å². The van der Waals surface area contributed by atoms with E-state index in [1.807, 2.05) is 32.0 Å². The second kappa shape index (κ2) is 6.85. The number of sulfonamides is 1. The number of benzene rings is 2. The maximum atomic E-state index is 12.7. The van der Waals surface area contributed by atoms with Crippen LogP contribution in [-0.2, 0) is 22.9 Å². The van der Waals surface area contributed by atoms with E-state index in [9.17, 15) is 13.2 Å². The number of aryl methyl sites for hydroxylation is 3. The minimum Gasteiger partial charge on any atom is -0.322 e. The largest absolute Gasteiger partial charge is 0.322 e. The summed E-state index contributed by atoms with van der Waals surface area (Å²) in [5, 5.41) is 2.89. The lowest BCUT2D eigenvalue weighted by molar-refractivity contribution is 0.102. The Morgan fingerprint density at radius 3 is 2.42 bits per heavy atom. The number of hydrogen-bond acceptors (Lipinski definition) is 3. The van der Waals surface area contributed by atoms with Crippen LogP contribution in [0, 0.1) is 13.8 Å². The van der Waals surface area contributed by atoms with Crippen LogP contribution >= 0.6 is 0 Å². The quantitative estimate of drug-likeness (QED) is 0.895. The third-order valence-electron chi connectivity index (χ3n) is 5.03. The Bertz CT molecular complexity index is 979. The molecule has 3 rings (SSSR count). The van der Waals surface area contributed by atoms with Crippen molar-refractivity contribution in [1.29, 1.82) is 0 Å². The normalized spacial score (nSPS) is 13.7. The van der Waals surface area contributed by atoms with E-state index in [1.54, 1.807) is 6.07 Å². The predicted octanol–water partition coefficient (Wildman–Crippen LogP) is 3.29. The molecule has 0 unspecified atom stereocenters. The highest BCUT2D eigenvalue weighted by Gasteiger charge is 2.21.